The van der Waals surface area contributed by atoms with Crippen molar-refractivity contribution < 1.29 is 4.79 Å². The molecule has 0 amide bonds. The molecule has 1 rings (SSSR count). The molecular formula is C8H9N2O. The van der Waals surface area contributed by atoms with E-state index in [0.717, 1.165) is 11.4 Å². The van der Waals surface area contributed by atoms with Gasteiger partial charge in [0.1, 0.15) is 5.69 Å². The van der Waals surface area contributed by atoms with Crippen molar-refractivity contribution in [3.05, 3.63) is 22.8 Å². The second-order valence-electron chi connectivity index (χ2n) is 2.43. The Morgan fingerprint density at radius 3 is 2.09 bits per heavy atom. The Kier molecular flexibility index (Phi) is 1.98. The van der Waals surface area contributed by atoms with Crippen LogP contribution in [0.15, 0.2) is 0 Å². The van der Waals surface area contributed by atoms with Crippen molar-refractivity contribution in [1.82, 2.24) is 9.97 Å². The predicted molar refractivity (Wildman–Crippen MR) is 41.0 cm³/mol. The molecule has 0 N–H and O–H groups in total. The van der Waals surface area contributed by atoms with Gasteiger partial charge in [0.2, 0.25) is 0 Å². The average Bonchev–Trinajstić information content (AvgIpc) is 1.97. The highest BCUT2D eigenvalue weighted by Crippen LogP contribution is 2.03. The Bertz CT molecular complexity index is 294. The molecule has 0 fully saturated rings. The van der Waals surface area contributed by atoms with Crippen LogP contribution in [-0.4, -0.2) is 16.3 Å². The van der Waals surface area contributed by atoms with E-state index >= 15 is 0 Å². The lowest BCUT2D eigenvalue weighted by atomic mass is 10.3. The fourth-order valence-corrected chi connectivity index (χ4v) is 0.812. The Morgan fingerprint density at radius 2 is 1.55 bits per heavy atom. The lowest BCUT2D eigenvalue weighted by molar-refractivity contribution is 0.560. The zero-order valence-electron chi connectivity index (χ0n) is 6.80. The fourth-order valence-electron chi connectivity index (χ4n) is 0.812. The number of nitrogens with zero attached hydrogens (tertiary/aromatic N) is 2. The summed E-state index contributed by atoms with van der Waals surface area (Å²) in [5.74, 6) is 0. The molecule has 0 spiro atoms. The van der Waals surface area contributed by atoms with Gasteiger partial charge in [-0.2, -0.15) is 0 Å². The smallest absolute Gasteiger partial charge is 0.255 e. The Hall–Kier alpha value is -1.25. The van der Waals surface area contributed by atoms with Crippen LogP contribution >= 0.6 is 0 Å². The van der Waals surface area contributed by atoms with Gasteiger partial charge in [-0.05, 0) is 20.8 Å². The summed E-state index contributed by atoms with van der Waals surface area (Å²) in [4.78, 5) is 18.4. The molecular weight excluding hydrogens is 140 g/mol. The highest BCUT2D eigenvalue weighted by molar-refractivity contribution is 5.73. The van der Waals surface area contributed by atoms with Gasteiger partial charge >= 0.3 is 0 Å². The van der Waals surface area contributed by atoms with Crippen molar-refractivity contribution in [1.29, 1.82) is 0 Å². The van der Waals surface area contributed by atoms with Gasteiger partial charge in [-0.25, -0.2) is 4.98 Å². The zero-order chi connectivity index (χ0) is 8.43. The molecule has 1 heterocycles. The molecule has 0 aliphatic rings. The minimum atomic E-state index is 0.313. The third-order valence-corrected chi connectivity index (χ3v) is 1.58. The van der Waals surface area contributed by atoms with Crippen LogP contribution in [0, 0.1) is 20.8 Å². The molecule has 11 heavy (non-hydrogen) atoms. The van der Waals surface area contributed by atoms with Crippen molar-refractivity contribution >= 4 is 6.29 Å². The average molecular weight is 149 g/mol. The first kappa shape index (κ1) is 7.85. The van der Waals surface area contributed by atoms with Crippen LogP contribution in [0.1, 0.15) is 22.8 Å². The maximum atomic E-state index is 10.3. The van der Waals surface area contributed by atoms with Crippen molar-refractivity contribution in [2.75, 3.05) is 0 Å². The van der Waals surface area contributed by atoms with Crippen LogP contribution in [0.2, 0.25) is 0 Å². The van der Waals surface area contributed by atoms with Gasteiger partial charge in [0.25, 0.3) is 6.29 Å². The van der Waals surface area contributed by atoms with Gasteiger partial charge in [0.05, 0.1) is 17.1 Å². The third-order valence-electron chi connectivity index (χ3n) is 1.58. The van der Waals surface area contributed by atoms with Crippen LogP contribution in [0.4, 0.5) is 0 Å². The largest absolute Gasteiger partial charge is 0.283 e. The first-order valence-electron chi connectivity index (χ1n) is 3.35. The summed E-state index contributed by atoms with van der Waals surface area (Å²) in [6, 6.07) is 0. The highest BCUT2D eigenvalue weighted by atomic mass is 16.1. The van der Waals surface area contributed by atoms with Crippen LogP contribution in [0.5, 0.6) is 0 Å². The summed E-state index contributed by atoms with van der Waals surface area (Å²) < 4.78 is 0. The van der Waals surface area contributed by atoms with Gasteiger partial charge < -0.3 is 0 Å². The summed E-state index contributed by atoms with van der Waals surface area (Å²) in [7, 11) is 0. The van der Waals surface area contributed by atoms with E-state index in [-0.39, 0.29) is 0 Å². The molecule has 1 aromatic heterocycles. The molecule has 0 saturated heterocycles. The predicted octanol–water partition coefficient (Wildman–Crippen LogP) is 0.860. The number of hydrogen-bond donors (Lipinski definition) is 0. The minimum Gasteiger partial charge on any atom is -0.283 e. The van der Waals surface area contributed by atoms with Crippen LogP contribution in [0.25, 0.3) is 0 Å². The van der Waals surface area contributed by atoms with E-state index in [0.29, 0.717) is 11.4 Å². The van der Waals surface area contributed by atoms with E-state index in [9.17, 15) is 4.79 Å². The van der Waals surface area contributed by atoms with Gasteiger partial charge in [0.15, 0.2) is 0 Å². The van der Waals surface area contributed by atoms with Crippen LogP contribution < -0.4 is 0 Å². The molecule has 1 aromatic rings. The van der Waals surface area contributed by atoms with E-state index in [1.165, 1.54) is 0 Å². The maximum Gasteiger partial charge on any atom is 0.255 e. The van der Waals surface area contributed by atoms with Crippen LogP contribution in [-0.2, 0) is 4.79 Å². The van der Waals surface area contributed by atoms with Crippen molar-refractivity contribution in [3.8, 4) is 0 Å². The Labute approximate surface area is 65.5 Å². The van der Waals surface area contributed by atoms with Crippen molar-refractivity contribution in [2.45, 2.75) is 20.8 Å². The van der Waals surface area contributed by atoms with Gasteiger partial charge in [-0.15, -0.1) is 0 Å². The standard InChI is InChI=1S/C8H9N2O/c1-5-6(2)10-8(4-11)7(3)9-5/h1-3H3. The van der Waals surface area contributed by atoms with E-state index in [1.807, 2.05) is 13.8 Å². The number of hydrogen-bond acceptors (Lipinski definition) is 3. The molecule has 3 heteroatoms. The van der Waals surface area contributed by atoms with Gasteiger partial charge in [0, 0.05) is 0 Å². The van der Waals surface area contributed by atoms with Gasteiger partial charge in [-0.1, -0.05) is 0 Å². The van der Waals surface area contributed by atoms with Crippen molar-refractivity contribution in [3.63, 3.8) is 0 Å². The second-order valence-corrected chi connectivity index (χ2v) is 2.43. The number of aryl methyl sites for hydroxylation is 3. The SMILES string of the molecule is Cc1nc(C)c([C]=O)nc1C. The molecule has 0 aromatic carbocycles. The third kappa shape index (κ3) is 1.42. The molecule has 3 nitrogen and oxygen atoms in total. The monoisotopic (exact) mass is 149 g/mol. The molecule has 0 bridgehead atoms. The highest BCUT2D eigenvalue weighted by Gasteiger charge is 2.03. The van der Waals surface area contributed by atoms with E-state index in [4.69, 9.17) is 0 Å². The second kappa shape index (κ2) is 2.78. The quantitative estimate of drug-likeness (QED) is 0.594. The first-order valence-corrected chi connectivity index (χ1v) is 3.35. The molecule has 0 atom stereocenters. The number of carbonyl (C=O) groups excluding carboxylic acids is 1. The summed E-state index contributed by atoms with van der Waals surface area (Å²) in [5.41, 5.74) is 2.60. The van der Waals surface area contributed by atoms with Gasteiger partial charge in [-0.3, -0.25) is 9.78 Å². The van der Waals surface area contributed by atoms with Crippen LogP contribution in [0.3, 0.4) is 0 Å². The fraction of sp³-hybridized carbons (Fsp3) is 0.375. The van der Waals surface area contributed by atoms with E-state index in [2.05, 4.69) is 9.97 Å². The Balaban J connectivity index is 3.31. The van der Waals surface area contributed by atoms with E-state index in [1.54, 1.807) is 13.2 Å². The molecule has 57 valence electrons. The molecule has 0 aliphatic heterocycles. The Morgan fingerprint density at radius 1 is 1.00 bits per heavy atom. The lowest BCUT2D eigenvalue weighted by Crippen LogP contribution is -2.01. The lowest BCUT2D eigenvalue weighted by Gasteiger charge is -2.00. The summed E-state index contributed by atoms with van der Waals surface area (Å²) in [6.45, 7) is 5.44. The normalized spacial score (nSPS) is 9.73. The molecule has 0 aliphatic carbocycles. The molecule has 0 unspecified atom stereocenters. The summed E-state index contributed by atoms with van der Waals surface area (Å²) >= 11 is 0. The first-order chi connectivity index (χ1) is 5.15. The topological polar surface area (TPSA) is 42.9 Å². The summed E-state index contributed by atoms with van der Waals surface area (Å²) in [5, 5.41) is 0. The van der Waals surface area contributed by atoms with Crippen molar-refractivity contribution in [2.24, 2.45) is 0 Å². The minimum absolute atomic E-state index is 0.313. The zero-order valence-corrected chi connectivity index (χ0v) is 6.80. The number of rotatable bonds is 1. The van der Waals surface area contributed by atoms with E-state index < -0.39 is 0 Å². The number of aromatic nitrogens is 2. The molecule has 0 saturated carbocycles. The summed E-state index contributed by atoms with van der Waals surface area (Å²) in [6.07, 6.45) is 1.74. The maximum absolute atomic E-state index is 10.3. The molecule has 1 radical (unpaired) electrons.